The Morgan fingerprint density at radius 1 is 1.12 bits per heavy atom. The molecule has 0 amide bonds. The zero-order valence-corrected chi connectivity index (χ0v) is 17.8. The Morgan fingerprint density at radius 2 is 1.75 bits per heavy atom. The van der Waals surface area contributed by atoms with Crippen molar-refractivity contribution in [1.82, 2.24) is 19.5 Å². The molecule has 0 fully saturated rings. The molecular weight excluding hydrogens is 456 g/mol. The van der Waals surface area contributed by atoms with Gasteiger partial charge in [0.25, 0.3) is 10.0 Å². The molecule has 13 heteroatoms. The monoisotopic (exact) mass is 474 g/mol. The summed E-state index contributed by atoms with van der Waals surface area (Å²) >= 11 is 0. The van der Waals surface area contributed by atoms with Crippen molar-refractivity contribution < 1.29 is 35.5 Å². The zero-order chi connectivity index (χ0) is 23.9. The minimum Gasteiger partial charge on any atom is -0.442 e. The van der Waals surface area contributed by atoms with Crippen molar-refractivity contribution in [1.29, 1.82) is 0 Å². The molecule has 2 aromatic heterocycles. The quantitative estimate of drug-likeness (QED) is 0.575. The average Bonchev–Trinajstić information content (AvgIpc) is 3.08. The fourth-order valence-corrected chi connectivity index (χ4v) is 3.87. The summed E-state index contributed by atoms with van der Waals surface area (Å²) in [4.78, 5) is 15.9. The Kier molecular flexibility index (Phi) is 6.00. The van der Waals surface area contributed by atoms with E-state index in [1.165, 1.54) is 0 Å². The number of rotatable bonds is 4. The van der Waals surface area contributed by atoms with Crippen LogP contribution in [0, 0.1) is 5.82 Å². The van der Waals surface area contributed by atoms with Crippen molar-refractivity contribution >= 4 is 27.0 Å². The van der Waals surface area contributed by atoms with Crippen molar-refractivity contribution in [3.05, 3.63) is 54.1 Å². The second kappa shape index (κ2) is 8.13. The molecule has 8 nitrogen and oxygen atoms in total. The second-order valence-electron chi connectivity index (χ2n) is 7.77. The lowest BCUT2D eigenvalue weighted by Crippen LogP contribution is -2.38. The number of sulfonamides is 1. The van der Waals surface area contributed by atoms with E-state index in [2.05, 4.69) is 10.1 Å². The van der Waals surface area contributed by atoms with Crippen LogP contribution in [0.4, 0.5) is 22.4 Å². The zero-order valence-electron chi connectivity index (χ0n) is 17.0. The number of nitrogens with zero attached hydrogens (tertiary/aromatic N) is 3. The number of aromatic nitrogens is 3. The third-order valence-electron chi connectivity index (χ3n) is 4.07. The second-order valence-corrected chi connectivity index (χ2v) is 9.43. The molecular formula is C19H18F4N4O4S. The Balaban J connectivity index is 1.94. The van der Waals surface area contributed by atoms with E-state index in [4.69, 9.17) is 4.74 Å². The van der Waals surface area contributed by atoms with Gasteiger partial charge in [-0.15, -0.1) is 0 Å². The molecule has 0 aliphatic heterocycles. The number of fused-ring (bicyclic) bond motifs is 1. The molecule has 0 saturated carbocycles. The van der Waals surface area contributed by atoms with E-state index >= 15 is 0 Å². The lowest BCUT2D eigenvalue weighted by atomic mass is 10.1. The summed E-state index contributed by atoms with van der Waals surface area (Å²) in [6, 6.07) is 1.59. The highest BCUT2D eigenvalue weighted by molar-refractivity contribution is 7.89. The summed E-state index contributed by atoms with van der Waals surface area (Å²) in [5, 5.41) is 3.25. The predicted molar refractivity (Wildman–Crippen MR) is 105 cm³/mol. The summed E-state index contributed by atoms with van der Waals surface area (Å²) < 4.78 is 86.5. The lowest BCUT2D eigenvalue weighted by Gasteiger charge is -2.21. The summed E-state index contributed by atoms with van der Waals surface area (Å²) in [6.07, 6.45) is -3.70. The van der Waals surface area contributed by atoms with Gasteiger partial charge in [-0.3, -0.25) is 0 Å². The van der Waals surface area contributed by atoms with Crippen LogP contribution in [0.5, 0.6) is 0 Å². The molecule has 1 N–H and O–H groups in total. The van der Waals surface area contributed by atoms with Crippen LogP contribution in [0.25, 0.3) is 10.9 Å². The number of carbonyl (C=O) groups is 1. The van der Waals surface area contributed by atoms with Crippen molar-refractivity contribution in [3.8, 4) is 0 Å². The fraction of sp³-hybridized carbons (Fsp3) is 0.316. The highest BCUT2D eigenvalue weighted by atomic mass is 32.2. The van der Waals surface area contributed by atoms with Gasteiger partial charge in [-0.25, -0.2) is 22.6 Å². The normalized spacial score (nSPS) is 13.8. The van der Waals surface area contributed by atoms with E-state index in [1.807, 2.05) is 0 Å². The molecule has 0 spiro atoms. The van der Waals surface area contributed by atoms with Crippen LogP contribution in [-0.2, 0) is 14.8 Å². The van der Waals surface area contributed by atoms with Crippen LogP contribution in [-0.4, -0.2) is 41.1 Å². The number of pyridine rings is 1. The van der Waals surface area contributed by atoms with E-state index in [1.54, 1.807) is 25.5 Å². The van der Waals surface area contributed by atoms with Crippen LogP contribution in [0.15, 0.2) is 47.8 Å². The number of carbonyl (C=O) groups excluding carboxylic acids is 1. The van der Waals surface area contributed by atoms with Gasteiger partial charge in [0, 0.05) is 5.39 Å². The van der Waals surface area contributed by atoms with Crippen LogP contribution in [0.1, 0.15) is 32.4 Å². The topological polar surface area (TPSA) is 103 Å². The third-order valence-corrected chi connectivity index (χ3v) is 5.39. The Labute approximate surface area is 180 Å². The molecule has 0 aliphatic rings. The van der Waals surface area contributed by atoms with E-state index < -0.39 is 50.3 Å². The molecule has 2 heterocycles. The smallest absolute Gasteiger partial charge is 0.435 e. The number of nitrogens with one attached hydrogen (secondary N) is 1. The summed E-state index contributed by atoms with van der Waals surface area (Å²) in [7, 11) is -4.76. The Bertz CT molecular complexity index is 1250. The molecule has 0 saturated heterocycles. The molecule has 0 unspecified atom stereocenters. The van der Waals surface area contributed by atoms with Crippen LogP contribution in [0.3, 0.4) is 0 Å². The van der Waals surface area contributed by atoms with Crippen molar-refractivity contribution in [2.75, 3.05) is 0 Å². The minimum absolute atomic E-state index is 0.101. The maximum absolute atomic E-state index is 13.5. The highest BCUT2D eigenvalue weighted by Crippen LogP contribution is 2.34. The van der Waals surface area contributed by atoms with Crippen molar-refractivity contribution in [3.63, 3.8) is 0 Å². The van der Waals surface area contributed by atoms with Gasteiger partial charge in [-0.2, -0.15) is 27.7 Å². The Hall–Kier alpha value is -3.06. The van der Waals surface area contributed by atoms with Gasteiger partial charge >= 0.3 is 12.3 Å². The fourth-order valence-electron chi connectivity index (χ4n) is 2.70. The SMILES string of the molecule is CC(C)(C)OC(=O)n1ncc2cc(S(=O)(=O)N[C@H](c3ccc(F)cc3)C(F)(F)F)ncc21. The van der Waals surface area contributed by atoms with Gasteiger partial charge in [0.1, 0.15) is 17.5 Å². The number of ether oxygens (including phenoxy) is 1. The molecule has 172 valence electrons. The van der Waals surface area contributed by atoms with Gasteiger partial charge in [0.15, 0.2) is 5.03 Å². The third kappa shape index (κ3) is 5.22. The summed E-state index contributed by atoms with van der Waals surface area (Å²) in [5.74, 6) is -0.772. The van der Waals surface area contributed by atoms with E-state index in [9.17, 15) is 30.8 Å². The average molecular weight is 474 g/mol. The minimum atomic E-state index is -5.00. The number of halogens is 4. The number of alkyl halides is 3. The molecule has 1 atom stereocenters. The summed E-state index contributed by atoms with van der Waals surface area (Å²) in [5.41, 5.74) is -1.21. The first-order valence-corrected chi connectivity index (χ1v) is 10.6. The van der Waals surface area contributed by atoms with Crippen molar-refractivity contribution in [2.24, 2.45) is 0 Å². The highest BCUT2D eigenvalue weighted by Gasteiger charge is 2.43. The van der Waals surface area contributed by atoms with Crippen LogP contribution >= 0.6 is 0 Å². The maximum atomic E-state index is 13.5. The summed E-state index contributed by atoms with van der Waals surface area (Å²) in [6.45, 7) is 4.93. The first-order valence-electron chi connectivity index (χ1n) is 9.09. The maximum Gasteiger partial charge on any atom is 0.435 e. The molecule has 0 aliphatic carbocycles. The molecule has 32 heavy (non-hydrogen) atoms. The van der Waals surface area contributed by atoms with Crippen LogP contribution < -0.4 is 4.72 Å². The molecule has 0 radical (unpaired) electrons. The first kappa shape index (κ1) is 23.6. The van der Waals surface area contributed by atoms with Crippen LogP contribution in [0.2, 0.25) is 0 Å². The molecule has 3 aromatic rings. The first-order chi connectivity index (χ1) is 14.7. The standard InChI is InChI=1S/C19H18F4N4O4S/c1-18(2,3)31-17(28)27-14-10-24-15(8-12(14)9-25-27)32(29,30)26-16(19(21,22)23)11-4-6-13(20)7-5-11/h4-10,16,26H,1-3H3/t16-/m1/s1. The predicted octanol–water partition coefficient (Wildman–Crippen LogP) is 3.94. The van der Waals surface area contributed by atoms with Gasteiger partial charge in [-0.1, -0.05) is 12.1 Å². The van der Waals surface area contributed by atoms with Gasteiger partial charge in [0.2, 0.25) is 0 Å². The van der Waals surface area contributed by atoms with Gasteiger partial charge in [0.05, 0.1) is 17.9 Å². The van der Waals surface area contributed by atoms with Gasteiger partial charge in [-0.05, 0) is 44.5 Å². The van der Waals surface area contributed by atoms with E-state index in [-0.39, 0.29) is 10.9 Å². The van der Waals surface area contributed by atoms with Gasteiger partial charge < -0.3 is 4.74 Å². The van der Waals surface area contributed by atoms with Crippen molar-refractivity contribution in [2.45, 2.75) is 43.6 Å². The lowest BCUT2D eigenvalue weighted by molar-refractivity contribution is -0.153. The molecule has 3 rings (SSSR count). The van der Waals surface area contributed by atoms with E-state index in [0.717, 1.165) is 47.4 Å². The molecule has 0 bridgehead atoms. The Morgan fingerprint density at radius 3 is 2.31 bits per heavy atom. The number of benzene rings is 1. The molecule has 1 aromatic carbocycles. The van der Waals surface area contributed by atoms with E-state index in [0.29, 0.717) is 0 Å². The number of hydrogen-bond acceptors (Lipinski definition) is 6. The number of hydrogen-bond donors (Lipinski definition) is 1. The largest absolute Gasteiger partial charge is 0.442 e.